The maximum absolute atomic E-state index is 4.74. The van der Waals surface area contributed by atoms with Gasteiger partial charge in [-0.05, 0) is 37.1 Å². The van der Waals surface area contributed by atoms with Gasteiger partial charge in [-0.15, -0.1) is 11.3 Å². The maximum Gasteiger partial charge on any atom is 0.116 e. The highest BCUT2D eigenvalue weighted by atomic mass is 32.1. The van der Waals surface area contributed by atoms with Crippen molar-refractivity contribution in [3.63, 3.8) is 0 Å². The highest BCUT2D eigenvalue weighted by molar-refractivity contribution is 7.18. The number of thiazole rings is 1. The summed E-state index contributed by atoms with van der Waals surface area (Å²) in [5.74, 6) is 0. The van der Waals surface area contributed by atoms with E-state index < -0.39 is 0 Å². The second-order valence-electron chi connectivity index (χ2n) is 5.29. The molecule has 0 aliphatic heterocycles. The summed E-state index contributed by atoms with van der Waals surface area (Å²) in [5.41, 5.74) is 3.70. The lowest BCUT2D eigenvalue weighted by Gasteiger charge is -2.16. The van der Waals surface area contributed by atoms with E-state index in [1.54, 1.807) is 11.3 Å². The van der Waals surface area contributed by atoms with Crippen LogP contribution >= 0.6 is 11.3 Å². The van der Waals surface area contributed by atoms with Crippen LogP contribution in [0.25, 0.3) is 10.2 Å². The van der Waals surface area contributed by atoms with E-state index in [1.807, 2.05) is 6.07 Å². The molecule has 3 aromatic rings. The van der Waals surface area contributed by atoms with Gasteiger partial charge in [0.1, 0.15) is 5.01 Å². The molecule has 0 aliphatic rings. The Balaban J connectivity index is 1.84. The third-order valence-corrected chi connectivity index (χ3v) is 4.81. The molecule has 1 atom stereocenters. The van der Waals surface area contributed by atoms with Gasteiger partial charge in [0.05, 0.1) is 16.3 Å². The summed E-state index contributed by atoms with van der Waals surface area (Å²) in [4.78, 5) is 4.74. The average molecular weight is 296 g/mol. The number of rotatable bonds is 5. The topological polar surface area (TPSA) is 24.9 Å². The predicted molar refractivity (Wildman–Crippen MR) is 92.1 cm³/mol. The van der Waals surface area contributed by atoms with Gasteiger partial charge in [0.25, 0.3) is 0 Å². The Morgan fingerprint density at radius 3 is 2.67 bits per heavy atom. The number of fused-ring (bicyclic) bond motifs is 1. The van der Waals surface area contributed by atoms with Crippen LogP contribution in [0.5, 0.6) is 0 Å². The first-order valence-electron chi connectivity index (χ1n) is 7.48. The Hall–Kier alpha value is -1.87. The van der Waals surface area contributed by atoms with Crippen LogP contribution in [0.1, 0.15) is 36.9 Å². The van der Waals surface area contributed by atoms with Crippen molar-refractivity contribution in [2.24, 2.45) is 0 Å². The average Bonchev–Trinajstić information content (AvgIpc) is 2.93. The van der Waals surface area contributed by atoms with Crippen molar-refractivity contribution in [3.8, 4) is 0 Å². The zero-order chi connectivity index (χ0) is 14.7. The van der Waals surface area contributed by atoms with Crippen LogP contribution in [-0.4, -0.2) is 4.98 Å². The van der Waals surface area contributed by atoms with Crippen molar-refractivity contribution >= 4 is 27.2 Å². The van der Waals surface area contributed by atoms with Crippen molar-refractivity contribution < 1.29 is 0 Å². The van der Waals surface area contributed by atoms with Gasteiger partial charge >= 0.3 is 0 Å². The molecule has 0 bridgehead atoms. The molecule has 21 heavy (non-hydrogen) atoms. The molecule has 2 aromatic carbocycles. The second kappa shape index (κ2) is 6.27. The van der Waals surface area contributed by atoms with Crippen LogP contribution in [0.4, 0.5) is 5.69 Å². The van der Waals surface area contributed by atoms with Gasteiger partial charge in [-0.1, -0.05) is 43.7 Å². The van der Waals surface area contributed by atoms with E-state index in [0.29, 0.717) is 0 Å². The molecule has 3 heteroatoms. The van der Waals surface area contributed by atoms with Crippen LogP contribution < -0.4 is 5.32 Å². The standard InChI is InChI=1S/C18H20N2S/c1-3-8-14-9-4-5-10-15(14)19-13(2)18-20-16-11-6-7-12-17(16)21-18/h4-7,9-13,19H,3,8H2,1-2H3. The van der Waals surface area contributed by atoms with Crippen molar-refractivity contribution in [2.45, 2.75) is 32.7 Å². The Kier molecular flexibility index (Phi) is 4.20. The highest BCUT2D eigenvalue weighted by Crippen LogP contribution is 2.29. The summed E-state index contributed by atoms with van der Waals surface area (Å²) in [5, 5.41) is 4.76. The molecule has 1 N–H and O–H groups in total. The van der Waals surface area contributed by atoms with Crippen LogP contribution in [0.15, 0.2) is 48.5 Å². The number of anilines is 1. The van der Waals surface area contributed by atoms with E-state index in [-0.39, 0.29) is 6.04 Å². The van der Waals surface area contributed by atoms with Crippen LogP contribution in [0, 0.1) is 0 Å². The van der Waals surface area contributed by atoms with Gasteiger partial charge in [0.15, 0.2) is 0 Å². The predicted octanol–water partition coefficient (Wildman–Crippen LogP) is 5.42. The van der Waals surface area contributed by atoms with Gasteiger partial charge in [0.2, 0.25) is 0 Å². The first-order valence-corrected chi connectivity index (χ1v) is 8.29. The third-order valence-electron chi connectivity index (χ3n) is 3.59. The van der Waals surface area contributed by atoms with Gasteiger partial charge in [0, 0.05) is 5.69 Å². The zero-order valence-electron chi connectivity index (χ0n) is 12.5. The van der Waals surface area contributed by atoms with E-state index in [1.165, 1.54) is 16.0 Å². The molecule has 0 aliphatic carbocycles. The molecular formula is C18H20N2S. The summed E-state index contributed by atoms with van der Waals surface area (Å²) >= 11 is 1.77. The summed E-state index contributed by atoms with van der Waals surface area (Å²) in [7, 11) is 0. The second-order valence-corrected chi connectivity index (χ2v) is 6.36. The lowest BCUT2D eigenvalue weighted by molar-refractivity contribution is 0.860. The number of nitrogens with one attached hydrogen (secondary N) is 1. The highest BCUT2D eigenvalue weighted by Gasteiger charge is 2.12. The lowest BCUT2D eigenvalue weighted by atomic mass is 10.1. The molecule has 0 saturated heterocycles. The summed E-state index contributed by atoms with van der Waals surface area (Å²) in [6.45, 7) is 4.40. The zero-order valence-corrected chi connectivity index (χ0v) is 13.3. The van der Waals surface area contributed by atoms with Crippen molar-refractivity contribution in [1.82, 2.24) is 4.98 Å². The number of aryl methyl sites for hydroxylation is 1. The van der Waals surface area contributed by atoms with Crippen LogP contribution in [0.2, 0.25) is 0 Å². The van der Waals surface area contributed by atoms with Crippen molar-refractivity contribution in [2.75, 3.05) is 5.32 Å². The smallest absolute Gasteiger partial charge is 0.116 e. The molecule has 0 radical (unpaired) electrons. The Morgan fingerprint density at radius 1 is 1.10 bits per heavy atom. The molecule has 108 valence electrons. The number of para-hydroxylation sites is 2. The van der Waals surface area contributed by atoms with E-state index in [0.717, 1.165) is 23.4 Å². The van der Waals surface area contributed by atoms with Crippen molar-refractivity contribution in [1.29, 1.82) is 0 Å². The van der Waals surface area contributed by atoms with Crippen LogP contribution in [-0.2, 0) is 6.42 Å². The molecule has 1 unspecified atom stereocenters. The monoisotopic (exact) mass is 296 g/mol. The van der Waals surface area contributed by atoms with E-state index in [9.17, 15) is 0 Å². The number of benzene rings is 2. The normalized spacial score (nSPS) is 12.5. The molecule has 0 amide bonds. The Morgan fingerprint density at radius 2 is 1.86 bits per heavy atom. The molecular weight excluding hydrogens is 276 g/mol. The van der Waals surface area contributed by atoms with Gasteiger partial charge in [-0.25, -0.2) is 4.98 Å². The molecule has 0 fully saturated rings. The first-order chi connectivity index (χ1) is 10.3. The Labute approximate surface area is 129 Å². The number of aromatic nitrogens is 1. The lowest BCUT2D eigenvalue weighted by Crippen LogP contribution is -2.08. The van der Waals surface area contributed by atoms with Crippen molar-refractivity contribution in [3.05, 3.63) is 59.1 Å². The molecule has 0 saturated carbocycles. The van der Waals surface area contributed by atoms with Gasteiger partial charge in [-0.3, -0.25) is 0 Å². The number of nitrogens with zero attached hydrogens (tertiary/aromatic N) is 1. The fourth-order valence-electron chi connectivity index (χ4n) is 2.52. The summed E-state index contributed by atoms with van der Waals surface area (Å²) < 4.78 is 1.25. The van der Waals surface area contributed by atoms with Gasteiger partial charge < -0.3 is 5.32 Å². The summed E-state index contributed by atoms with van der Waals surface area (Å²) in [6.07, 6.45) is 2.27. The van der Waals surface area contributed by atoms with E-state index in [2.05, 4.69) is 61.6 Å². The van der Waals surface area contributed by atoms with Crippen LogP contribution in [0.3, 0.4) is 0 Å². The van der Waals surface area contributed by atoms with E-state index >= 15 is 0 Å². The summed E-state index contributed by atoms with van der Waals surface area (Å²) in [6, 6.07) is 17.1. The molecule has 0 spiro atoms. The minimum atomic E-state index is 0.223. The largest absolute Gasteiger partial charge is 0.376 e. The fraction of sp³-hybridized carbons (Fsp3) is 0.278. The number of hydrogen-bond donors (Lipinski definition) is 1. The third kappa shape index (κ3) is 3.08. The first kappa shape index (κ1) is 14.1. The minimum absolute atomic E-state index is 0.223. The minimum Gasteiger partial charge on any atom is -0.376 e. The van der Waals surface area contributed by atoms with E-state index in [4.69, 9.17) is 4.98 Å². The molecule has 1 aromatic heterocycles. The SMILES string of the molecule is CCCc1ccccc1NC(C)c1nc2ccccc2s1. The van der Waals surface area contributed by atoms with Gasteiger partial charge in [-0.2, -0.15) is 0 Å². The molecule has 3 rings (SSSR count). The molecule has 1 heterocycles. The number of hydrogen-bond acceptors (Lipinski definition) is 3. The molecule has 2 nitrogen and oxygen atoms in total. The Bertz CT molecular complexity index is 700. The fourth-order valence-corrected chi connectivity index (χ4v) is 3.49. The quantitative estimate of drug-likeness (QED) is 0.680. The maximum atomic E-state index is 4.74.